The summed E-state index contributed by atoms with van der Waals surface area (Å²) < 4.78 is 11.5. The predicted octanol–water partition coefficient (Wildman–Crippen LogP) is 3.90. The first-order chi connectivity index (χ1) is 13.0. The van der Waals surface area contributed by atoms with Crippen molar-refractivity contribution in [2.45, 2.75) is 13.3 Å². The van der Waals surface area contributed by atoms with E-state index in [4.69, 9.17) is 9.15 Å². The first kappa shape index (κ1) is 17.2. The number of nitrogens with zero attached hydrogens (tertiary/aromatic N) is 1. The zero-order chi connectivity index (χ0) is 19.0. The molecule has 0 aliphatic heterocycles. The fourth-order valence-corrected chi connectivity index (χ4v) is 3.84. The SMILES string of the molecule is COc1ccc2c(C)c(CC(=O)Nc3nc4ccccc4s3)c(=O)oc2c1. The molecule has 4 rings (SSSR count). The quantitative estimate of drug-likeness (QED) is 0.543. The Bertz CT molecular complexity index is 1190. The normalized spacial score (nSPS) is 11.0. The summed E-state index contributed by atoms with van der Waals surface area (Å²) in [5.74, 6) is 0.295. The van der Waals surface area contributed by atoms with Gasteiger partial charge in [0, 0.05) is 11.5 Å². The Morgan fingerprint density at radius 2 is 2.07 bits per heavy atom. The van der Waals surface area contributed by atoms with Crippen molar-refractivity contribution in [3.05, 3.63) is 64.0 Å². The molecule has 6 nitrogen and oxygen atoms in total. The molecular weight excluding hydrogens is 364 g/mol. The summed E-state index contributed by atoms with van der Waals surface area (Å²) in [6.45, 7) is 1.81. The summed E-state index contributed by atoms with van der Waals surface area (Å²) in [6, 6.07) is 12.9. The number of ether oxygens (including phenoxy) is 1. The molecule has 4 aromatic rings. The summed E-state index contributed by atoms with van der Waals surface area (Å²) in [7, 11) is 1.55. The van der Waals surface area contributed by atoms with Gasteiger partial charge in [0.05, 0.1) is 29.3 Å². The van der Waals surface area contributed by atoms with Gasteiger partial charge in [-0.3, -0.25) is 4.79 Å². The Balaban J connectivity index is 1.62. The molecular formula is C20H16N2O4S. The van der Waals surface area contributed by atoms with Crippen LogP contribution in [0.2, 0.25) is 0 Å². The zero-order valence-corrected chi connectivity index (χ0v) is 15.6. The number of nitrogens with one attached hydrogen (secondary N) is 1. The molecule has 0 aliphatic carbocycles. The number of fused-ring (bicyclic) bond motifs is 2. The van der Waals surface area contributed by atoms with Crippen LogP contribution < -0.4 is 15.7 Å². The second-order valence-electron chi connectivity index (χ2n) is 6.07. The average molecular weight is 380 g/mol. The number of carbonyl (C=O) groups is 1. The number of hydrogen-bond acceptors (Lipinski definition) is 6. The maximum Gasteiger partial charge on any atom is 0.340 e. The average Bonchev–Trinajstić information content (AvgIpc) is 3.06. The summed E-state index contributed by atoms with van der Waals surface area (Å²) in [4.78, 5) is 29.2. The van der Waals surface area contributed by atoms with Crippen molar-refractivity contribution in [1.29, 1.82) is 0 Å². The van der Waals surface area contributed by atoms with Gasteiger partial charge in [0.1, 0.15) is 11.3 Å². The van der Waals surface area contributed by atoms with Gasteiger partial charge >= 0.3 is 5.63 Å². The maximum absolute atomic E-state index is 12.5. The number of hydrogen-bond donors (Lipinski definition) is 1. The molecule has 0 aliphatic rings. The highest BCUT2D eigenvalue weighted by atomic mass is 32.1. The molecule has 27 heavy (non-hydrogen) atoms. The third-order valence-electron chi connectivity index (χ3n) is 4.37. The molecule has 1 N–H and O–H groups in total. The van der Waals surface area contributed by atoms with Crippen molar-refractivity contribution >= 4 is 43.6 Å². The summed E-state index contributed by atoms with van der Waals surface area (Å²) in [5, 5.41) is 4.05. The van der Waals surface area contributed by atoms with E-state index < -0.39 is 5.63 Å². The van der Waals surface area contributed by atoms with Crippen LogP contribution in [0, 0.1) is 6.92 Å². The van der Waals surface area contributed by atoms with Crippen molar-refractivity contribution in [3.8, 4) is 5.75 Å². The lowest BCUT2D eigenvalue weighted by atomic mass is 10.0. The minimum Gasteiger partial charge on any atom is -0.497 e. The van der Waals surface area contributed by atoms with E-state index in [1.807, 2.05) is 37.3 Å². The summed E-state index contributed by atoms with van der Waals surface area (Å²) in [6.07, 6.45) is -0.0773. The lowest BCUT2D eigenvalue weighted by Crippen LogP contribution is -2.20. The number of benzene rings is 2. The molecule has 0 spiro atoms. The fourth-order valence-electron chi connectivity index (χ4n) is 2.96. The highest BCUT2D eigenvalue weighted by Gasteiger charge is 2.16. The first-order valence-corrected chi connectivity index (χ1v) is 9.12. The molecule has 7 heteroatoms. The highest BCUT2D eigenvalue weighted by Crippen LogP contribution is 2.26. The number of amides is 1. The molecule has 0 atom stereocenters. The molecule has 2 heterocycles. The van der Waals surface area contributed by atoms with E-state index in [9.17, 15) is 9.59 Å². The van der Waals surface area contributed by atoms with Gasteiger partial charge in [-0.15, -0.1) is 0 Å². The number of para-hydroxylation sites is 1. The number of rotatable bonds is 4. The van der Waals surface area contributed by atoms with E-state index in [1.165, 1.54) is 11.3 Å². The minimum atomic E-state index is -0.521. The van der Waals surface area contributed by atoms with E-state index in [2.05, 4.69) is 10.3 Å². The van der Waals surface area contributed by atoms with Gasteiger partial charge in [0.2, 0.25) is 5.91 Å². The molecule has 0 unspecified atom stereocenters. The van der Waals surface area contributed by atoms with Crippen molar-refractivity contribution in [1.82, 2.24) is 4.98 Å². The summed E-state index contributed by atoms with van der Waals surface area (Å²) in [5.41, 5.74) is 1.81. The Morgan fingerprint density at radius 1 is 1.26 bits per heavy atom. The summed E-state index contributed by atoms with van der Waals surface area (Å²) >= 11 is 1.39. The van der Waals surface area contributed by atoms with Gasteiger partial charge < -0.3 is 14.5 Å². The molecule has 2 aromatic carbocycles. The van der Waals surface area contributed by atoms with Crippen LogP contribution in [0.5, 0.6) is 5.75 Å². The van der Waals surface area contributed by atoms with Gasteiger partial charge in [0.15, 0.2) is 5.13 Å². The lowest BCUT2D eigenvalue weighted by molar-refractivity contribution is -0.115. The van der Waals surface area contributed by atoms with E-state index in [-0.39, 0.29) is 12.3 Å². The van der Waals surface area contributed by atoms with Gasteiger partial charge in [-0.25, -0.2) is 9.78 Å². The molecule has 0 saturated heterocycles. The van der Waals surface area contributed by atoms with Crippen molar-refractivity contribution in [2.24, 2.45) is 0 Å². The van der Waals surface area contributed by atoms with Crippen LogP contribution >= 0.6 is 11.3 Å². The Morgan fingerprint density at radius 3 is 2.85 bits per heavy atom. The smallest absolute Gasteiger partial charge is 0.340 e. The second kappa shape index (κ2) is 6.85. The van der Waals surface area contributed by atoms with Crippen LogP contribution in [0.1, 0.15) is 11.1 Å². The zero-order valence-electron chi connectivity index (χ0n) is 14.7. The molecule has 136 valence electrons. The van der Waals surface area contributed by atoms with Crippen LogP contribution in [0.25, 0.3) is 21.2 Å². The Hall–Kier alpha value is -3.19. The highest BCUT2D eigenvalue weighted by molar-refractivity contribution is 7.22. The van der Waals surface area contributed by atoms with Gasteiger partial charge in [-0.2, -0.15) is 0 Å². The Kier molecular flexibility index (Phi) is 4.37. The van der Waals surface area contributed by atoms with E-state index >= 15 is 0 Å². The third kappa shape index (κ3) is 3.29. The predicted molar refractivity (Wildman–Crippen MR) is 106 cm³/mol. The molecule has 0 bridgehead atoms. The maximum atomic E-state index is 12.5. The molecule has 0 radical (unpaired) electrons. The molecule has 2 aromatic heterocycles. The minimum absolute atomic E-state index is 0.0773. The van der Waals surface area contributed by atoms with E-state index in [1.54, 1.807) is 19.2 Å². The van der Waals surface area contributed by atoms with Crippen LogP contribution in [-0.2, 0) is 11.2 Å². The van der Waals surface area contributed by atoms with Gasteiger partial charge in [-0.1, -0.05) is 23.5 Å². The number of aryl methyl sites for hydroxylation is 1. The standard InChI is InChI=1S/C20H16N2O4S/c1-11-13-8-7-12(25-2)9-16(13)26-19(24)14(11)10-18(23)22-20-21-15-5-3-4-6-17(15)27-20/h3-9H,10H2,1-2H3,(H,21,22,23). The van der Waals surface area contributed by atoms with Gasteiger partial charge in [-0.05, 0) is 36.8 Å². The second-order valence-corrected chi connectivity index (χ2v) is 7.10. The fraction of sp³-hybridized carbons (Fsp3) is 0.150. The van der Waals surface area contributed by atoms with Crippen LogP contribution in [0.3, 0.4) is 0 Å². The topological polar surface area (TPSA) is 81.4 Å². The monoisotopic (exact) mass is 380 g/mol. The number of aromatic nitrogens is 1. The molecule has 0 saturated carbocycles. The van der Waals surface area contributed by atoms with Crippen LogP contribution in [0.4, 0.5) is 5.13 Å². The van der Waals surface area contributed by atoms with Crippen molar-refractivity contribution < 1.29 is 13.9 Å². The van der Waals surface area contributed by atoms with E-state index in [0.29, 0.717) is 22.0 Å². The number of thiazole rings is 1. The number of anilines is 1. The lowest BCUT2D eigenvalue weighted by Gasteiger charge is -2.08. The van der Waals surface area contributed by atoms with Crippen molar-refractivity contribution in [2.75, 3.05) is 12.4 Å². The number of methoxy groups -OCH3 is 1. The molecule has 0 fully saturated rings. The Labute approximate surface area is 158 Å². The largest absolute Gasteiger partial charge is 0.497 e. The van der Waals surface area contributed by atoms with Gasteiger partial charge in [0.25, 0.3) is 0 Å². The van der Waals surface area contributed by atoms with E-state index in [0.717, 1.165) is 21.2 Å². The third-order valence-corrected chi connectivity index (χ3v) is 5.32. The molecule has 1 amide bonds. The number of carbonyl (C=O) groups excluding carboxylic acids is 1. The first-order valence-electron chi connectivity index (χ1n) is 8.31. The van der Waals surface area contributed by atoms with Crippen LogP contribution in [-0.4, -0.2) is 18.0 Å². The van der Waals surface area contributed by atoms with Crippen molar-refractivity contribution in [3.63, 3.8) is 0 Å². The van der Waals surface area contributed by atoms with Crippen LogP contribution in [0.15, 0.2) is 51.7 Å².